The topological polar surface area (TPSA) is 58.2 Å². The fraction of sp³-hybridized carbons (Fsp3) is 0.556. The Balaban J connectivity index is 1.61. The summed E-state index contributed by atoms with van der Waals surface area (Å²) in [5, 5.41) is 0.783. The van der Waals surface area contributed by atoms with Crippen LogP contribution in [0.25, 0.3) is 11.0 Å². The number of amides is 1. The Morgan fingerprint density at radius 2 is 2.12 bits per heavy atom. The van der Waals surface area contributed by atoms with Crippen LogP contribution in [0.3, 0.4) is 0 Å². The number of hydrogen-bond acceptors (Lipinski definition) is 4. The lowest BCUT2D eigenvalue weighted by atomic mass is 9.92. The maximum Gasteiger partial charge on any atom is 0.233 e. The van der Waals surface area contributed by atoms with E-state index in [1.165, 1.54) is 18.2 Å². The molecule has 0 spiro atoms. The minimum Gasteiger partial charge on any atom is -0.494 e. The Hall–Kier alpha value is -1.69. The second-order valence-corrected chi connectivity index (χ2v) is 7.65. The zero-order valence-electron chi connectivity index (χ0n) is 14.5. The van der Waals surface area contributed by atoms with Gasteiger partial charge in [-0.1, -0.05) is 25.6 Å². The standard InChI is InChI=1S/C18H25N3O2S/c1-4-23-14-5-6-15-16(8-14)20-18(19-15)24-11-17(22)21-9-12(2)7-13(3)10-21/h5-6,8,12-13H,4,7,9-11H2,1-3H3,(H,19,20)/t12-,13+. The number of likely N-dealkylation sites (tertiary alicyclic amines) is 1. The molecular formula is C18H25N3O2S. The molecule has 3 rings (SSSR count). The first-order valence-corrected chi connectivity index (χ1v) is 9.56. The third-order valence-electron chi connectivity index (χ3n) is 4.30. The number of aromatic nitrogens is 2. The highest BCUT2D eigenvalue weighted by Crippen LogP contribution is 2.25. The quantitative estimate of drug-likeness (QED) is 0.840. The Morgan fingerprint density at radius 3 is 2.83 bits per heavy atom. The summed E-state index contributed by atoms with van der Waals surface area (Å²) in [5.41, 5.74) is 1.84. The van der Waals surface area contributed by atoms with E-state index in [0.717, 1.165) is 35.0 Å². The molecule has 2 heterocycles. The number of rotatable bonds is 5. The minimum absolute atomic E-state index is 0.203. The first-order chi connectivity index (χ1) is 11.5. The summed E-state index contributed by atoms with van der Waals surface area (Å²) in [4.78, 5) is 22.3. The highest BCUT2D eigenvalue weighted by Gasteiger charge is 2.25. The van der Waals surface area contributed by atoms with E-state index in [4.69, 9.17) is 4.74 Å². The Labute approximate surface area is 147 Å². The molecular weight excluding hydrogens is 322 g/mol. The van der Waals surface area contributed by atoms with Crippen molar-refractivity contribution < 1.29 is 9.53 Å². The number of aromatic amines is 1. The van der Waals surface area contributed by atoms with E-state index in [1.807, 2.05) is 30.0 Å². The highest BCUT2D eigenvalue weighted by molar-refractivity contribution is 7.99. The summed E-state index contributed by atoms with van der Waals surface area (Å²) in [6.07, 6.45) is 1.21. The van der Waals surface area contributed by atoms with Crippen molar-refractivity contribution in [3.8, 4) is 5.75 Å². The Bertz CT molecular complexity index is 705. The van der Waals surface area contributed by atoms with E-state index in [9.17, 15) is 4.79 Å². The molecule has 1 aliphatic heterocycles. The fourth-order valence-electron chi connectivity index (χ4n) is 3.38. The van der Waals surface area contributed by atoms with E-state index in [0.29, 0.717) is 24.2 Å². The van der Waals surface area contributed by atoms with Crippen LogP contribution < -0.4 is 4.74 Å². The van der Waals surface area contributed by atoms with Gasteiger partial charge in [-0.15, -0.1) is 0 Å². The second kappa shape index (κ2) is 7.47. The van der Waals surface area contributed by atoms with Crippen LogP contribution in [0.1, 0.15) is 27.2 Å². The molecule has 1 aliphatic rings. The molecule has 0 unspecified atom stereocenters. The van der Waals surface area contributed by atoms with Crippen LogP contribution in [-0.4, -0.2) is 46.2 Å². The number of ether oxygens (including phenoxy) is 1. The van der Waals surface area contributed by atoms with Gasteiger partial charge in [-0.3, -0.25) is 4.79 Å². The highest BCUT2D eigenvalue weighted by atomic mass is 32.2. The first kappa shape index (κ1) is 17.1. The molecule has 1 N–H and O–H groups in total. The monoisotopic (exact) mass is 347 g/mol. The van der Waals surface area contributed by atoms with Gasteiger partial charge in [-0.05, 0) is 37.3 Å². The van der Waals surface area contributed by atoms with Gasteiger partial charge in [0, 0.05) is 19.2 Å². The van der Waals surface area contributed by atoms with Gasteiger partial charge in [0.25, 0.3) is 0 Å². The molecule has 1 aromatic carbocycles. The normalized spacial score (nSPS) is 21.2. The van der Waals surface area contributed by atoms with Crippen LogP contribution in [0.2, 0.25) is 0 Å². The van der Waals surface area contributed by atoms with Crippen LogP contribution in [0.4, 0.5) is 0 Å². The number of fused-ring (bicyclic) bond motifs is 1. The molecule has 2 atom stereocenters. The molecule has 2 aromatic rings. The van der Waals surface area contributed by atoms with Gasteiger partial charge in [0.15, 0.2) is 5.16 Å². The van der Waals surface area contributed by atoms with E-state index in [2.05, 4.69) is 23.8 Å². The molecule has 1 fully saturated rings. The third-order valence-corrected chi connectivity index (χ3v) is 5.15. The van der Waals surface area contributed by atoms with Crippen LogP contribution in [0, 0.1) is 11.8 Å². The predicted octanol–water partition coefficient (Wildman–Crippen LogP) is 3.56. The molecule has 0 saturated carbocycles. The average molecular weight is 347 g/mol. The number of carbonyl (C=O) groups excluding carboxylic acids is 1. The largest absolute Gasteiger partial charge is 0.494 e. The van der Waals surface area contributed by atoms with Crippen LogP contribution in [-0.2, 0) is 4.79 Å². The summed E-state index contributed by atoms with van der Waals surface area (Å²) >= 11 is 1.47. The van der Waals surface area contributed by atoms with Crippen molar-refractivity contribution >= 4 is 28.7 Å². The number of thioether (sulfide) groups is 1. The zero-order valence-corrected chi connectivity index (χ0v) is 15.4. The van der Waals surface area contributed by atoms with Crippen molar-refractivity contribution in [2.24, 2.45) is 11.8 Å². The first-order valence-electron chi connectivity index (χ1n) is 8.58. The molecule has 6 heteroatoms. The van der Waals surface area contributed by atoms with E-state index in [1.54, 1.807) is 0 Å². The van der Waals surface area contributed by atoms with Gasteiger partial charge < -0.3 is 14.6 Å². The molecule has 24 heavy (non-hydrogen) atoms. The Kier molecular flexibility index (Phi) is 5.33. The van der Waals surface area contributed by atoms with Gasteiger partial charge in [-0.25, -0.2) is 4.98 Å². The maximum absolute atomic E-state index is 12.5. The number of nitrogens with zero attached hydrogens (tertiary/aromatic N) is 2. The lowest BCUT2D eigenvalue weighted by Crippen LogP contribution is -2.43. The second-order valence-electron chi connectivity index (χ2n) is 6.69. The number of carbonyl (C=O) groups is 1. The Morgan fingerprint density at radius 1 is 1.38 bits per heavy atom. The van der Waals surface area contributed by atoms with Gasteiger partial charge in [0.1, 0.15) is 5.75 Å². The van der Waals surface area contributed by atoms with Crippen molar-refractivity contribution in [3.63, 3.8) is 0 Å². The molecule has 0 aliphatic carbocycles. The summed E-state index contributed by atoms with van der Waals surface area (Å²) in [5.74, 6) is 2.64. The molecule has 5 nitrogen and oxygen atoms in total. The minimum atomic E-state index is 0.203. The summed E-state index contributed by atoms with van der Waals surface area (Å²) in [6, 6.07) is 5.81. The van der Waals surface area contributed by atoms with Gasteiger partial charge in [-0.2, -0.15) is 0 Å². The van der Waals surface area contributed by atoms with Gasteiger partial charge in [0.2, 0.25) is 5.91 Å². The SMILES string of the molecule is CCOc1ccc2nc(SCC(=O)N3C[C@H](C)C[C@H](C)C3)[nH]c2c1. The van der Waals surface area contributed by atoms with Gasteiger partial charge in [0.05, 0.1) is 23.4 Å². The average Bonchev–Trinajstić information content (AvgIpc) is 2.94. The molecule has 130 valence electrons. The van der Waals surface area contributed by atoms with Crippen molar-refractivity contribution in [2.45, 2.75) is 32.3 Å². The van der Waals surface area contributed by atoms with Crippen molar-refractivity contribution in [1.29, 1.82) is 0 Å². The van der Waals surface area contributed by atoms with Crippen molar-refractivity contribution in [3.05, 3.63) is 18.2 Å². The van der Waals surface area contributed by atoms with Crippen LogP contribution in [0.15, 0.2) is 23.4 Å². The maximum atomic E-state index is 12.5. The van der Waals surface area contributed by atoms with Crippen molar-refractivity contribution in [1.82, 2.24) is 14.9 Å². The van der Waals surface area contributed by atoms with Crippen molar-refractivity contribution in [2.75, 3.05) is 25.4 Å². The smallest absolute Gasteiger partial charge is 0.233 e. The summed E-state index contributed by atoms with van der Waals surface area (Å²) < 4.78 is 5.51. The van der Waals surface area contributed by atoms with Crippen LogP contribution >= 0.6 is 11.8 Å². The molecule has 1 amide bonds. The predicted molar refractivity (Wildman–Crippen MR) is 97.5 cm³/mol. The van der Waals surface area contributed by atoms with E-state index in [-0.39, 0.29) is 5.91 Å². The summed E-state index contributed by atoms with van der Waals surface area (Å²) in [6.45, 7) is 8.80. The molecule has 1 saturated heterocycles. The van der Waals surface area contributed by atoms with E-state index < -0.39 is 0 Å². The number of imidazole rings is 1. The molecule has 0 radical (unpaired) electrons. The molecule has 1 aromatic heterocycles. The number of hydrogen-bond donors (Lipinski definition) is 1. The summed E-state index contributed by atoms with van der Waals surface area (Å²) in [7, 11) is 0. The zero-order chi connectivity index (χ0) is 17.1. The fourth-order valence-corrected chi connectivity index (χ4v) is 4.17. The third kappa shape index (κ3) is 4.04. The van der Waals surface area contributed by atoms with Crippen LogP contribution in [0.5, 0.6) is 5.75 Å². The lowest BCUT2D eigenvalue weighted by Gasteiger charge is -2.34. The van der Waals surface area contributed by atoms with E-state index >= 15 is 0 Å². The number of nitrogens with one attached hydrogen (secondary N) is 1. The van der Waals surface area contributed by atoms with Gasteiger partial charge >= 0.3 is 0 Å². The number of H-pyrrole nitrogens is 1. The lowest BCUT2D eigenvalue weighted by molar-refractivity contribution is -0.130. The number of benzene rings is 1. The number of piperidine rings is 1. The molecule has 0 bridgehead atoms.